The van der Waals surface area contributed by atoms with Crippen LogP contribution in [0, 0.1) is 12.8 Å². The number of aromatic nitrogens is 1. The maximum atomic E-state index is 5.81. The molecule has 3 nitrogen and oxygen atoms in total. The van der Waals surface area contributed by atoms with Crippen molar-refractivity contribution in [3.63, 3.8) is 0 Å². The fraction of sp³-hybridized carbons (Fsp3) is 0.471. The van der Waals surface area contributed by atoms with Crippen LogP contribution >= 0.6 is 0 Å². The van der Waals surface area contributed by atoms with E-state index in [4.69, 9.17) is 4.42 Å². The van der Waals surface area contributed by atoms with Crippen LogP contribution in [-0.4, -0.2) is 18.1 Å². The van der Waals surface area contributed by atoms with Crippen LogP contribution in [0.15, 0.2) is 34.9 Å². The molecule has 0 bridgehead atoms. The van der Waals surface area contributed by atoms with Crippen LogP contribution in [0.4, 0.5) is 0 Å². The standard InChI is InChI=1S/C17H24N2O/c1-13(2)11-18-9-5-8-17-19-12-16(20-17)15-7-4-6-14(3)10-15/h4,6-7,10,12-13,18H,5,8-9,11H2,1-3H3. The highest BCUT2D eigenvalue weighted by molar-refractivity contribution is 5.57. The Labute approximate surface area is 121 Å². The van der Waals surface area contributed by atoms with Gasteiger partial charge in [0.2, 0.25) is 0 Å². The SMILES string of the molecule is Cc1cccc(-c2cnc(CCCNCC(C)C)o2)c1. The highest BCUT2D eigenvalue weighted by Crippen LogP contribution is 2.21. The van der Waals surface area contributed by atoms with E-state index in [2.05, 4.69) is 49.3 Å². The molecule has 0 aliphatic heterocycles. The van der Waals surface area contributed by atoms with Gasteiger partial charge in [-0.25, -0.2) is 4.98 Å². The molecule has 2 aromatic rings. The van der Waals surface area contributed by atoms with Gasteiger partial charge in [-0.3, -0.25) is 0 Å². The molecule has 1 heterocycles. The lowest BCUT2D eigenvalue weighted by atomic mass is 10.1. The number of nitrogens with zero attached hydrogens (tertiary/aromatic N) is 1. The van der Waals surface area contributed by atoms with E-state index in [0.29, 0.717) is 5.92 Å². The van der Waals surface area contributed by atoms with Gasteiger partial charge in [-0.05, 0) is 38.4 Å². The number of nitrogens with one attached hydrogen (secondary N) is 1. The molecule has 1 aromatic carbocycles. The van der Waals surface area contributed by atoms with Crippen LogP contribution in [0.3, 0.4) is 0 Å². The lowest BCUT2D eigenvalue weighted by Gasteiger charge is -2.05. The van der Waals surface area contributed by atoms with E-state index in [1.54, 1.807) is 0 Å². The molecule has 1 aromatic heterocycles. The van der Waals surface area contributed by atoms with Gasteiger partial charge in [-0.2, -0.15) is 0 Å². The first-order valence-electron chi connectivity index (χ1n) is 7.37. The maximum Gasteiger partial charge on any atom is 0.194 e. The zero-order valence-electron chi connectivity index (χ0n) is 12.6. The second-order valence-corrected chi connectivity index (χ2v) is 5.69. The molecule has 0 saturated carbocycles. The van der Waals surface area contributed by atoms with Crippen molar-refractivity contribution in [2.24, 2.45) is 5.92 Å². The summed E-state index contributed by atoms with van der Waals surface area (Å²) in [6, 6.07) is 8.31. The van der Waals surface area contributed by atoms with E-state index in [0.717, 1.165) is 43.1 Å². The zero-order valence-corrected chi connectivity index (χ0v) is 12.6. The molecule has 2 rings (SSSR count). The summed E-state index contributed by atoms with van der Waals surface area (Å²) in [6.07, 6.45) is 3.77. The number of oxazole rings is 1. The fourth-order valence-electron chi connectivity index (χ4n) is 2.11. The predicted octanol–water partition coefficient (Wildman–Crippen LogP) is 3.83. The van der Waals surface area contributed by atoms with Gasteiger partial charge >= 0.3 is 0 Å². The summed E-state index contributed by atoms with van der Waals surface area (Å²) in [5, 5.41) is 3.43. The summed E-state index contributed by atoms with van der Waals surface area (Å²) in [4.78, 5) is 4.36. The van der Waals surface area contributed by atoms with Gasteiger partial charge in [0.25, 0.3) is 0 Å². The molecular formula is C17H24N2O. The first-order chi connectivity index (χ1) is 9.65. The molecule has 0 aliphatic carbocycles. The van der Waals surface area contributed by atoms with Crippen LogP contribution in [0.2, 0.25) is 0 Å². The van der Waals surface area contributed by atoms with Crippen LogP contribution in [-0.2, 0) is 6.42 Å². The third-order valence-electron chi connectivity index (χ3n) is 3.15. The Morgan fingerprint density at radius 1 is 1.30 bits per heavy atom. The Bertz CT molecular complexity index is 531. The number of hydrogen-bond acceptors (Lipinski definition) is 3. The normalized spacial score (nSPS) is 11.2. The van der Waals surface area contributed by atoms with Crippen molar-refractivity contribution >= 4 is 0 Å². The lowest BCUT2D eigenvalue weighted by Crippen LogP contribution is -2.21. The Kier molecular flexibility index (Phi) is 5.36. The molecule has 3 heteroatoms. The van der Waals surface area contributed by atoms with E-state index in [-0.39, 0.29) is 0 Å². The quantitative estimate of drug-likeness (QED) is 0.778. The van der Waals surface area contributed by atoms with E-state index in [1.165, 1.54) is 5.56 Å². The minimum atomic E-state index is 0.699. The van der Waals surface area contributed by atoms with Gasteiger partial charge < -0.3 is 9.73 Å². The largest absolute Gasteiger partial charge is 0.441 e. The molecule has 0 radical (unpaired) electrons. The Hall–Kier alpha value is -1.61. The van der Waals surface area contributed by atoms with Gasteiger partial charge in [-0.15, -0.1) is 0 Å². The van der Waals surface area contributed by atoms with Gasteiger partial charge in [-0.1, -0.05) is 37.6 Å². The van der Waals surface area contributed by atoms with E-state index in [1.807, 2.05) is 12.3 Å². The molecule has 108 valence electrons. The van der Waals surface area contributed by atoms with Crippen LogP contribution in [0.5, 0.6) is 0 Å². The van der Waals surface area contributed by atoms with Crippen molar-refractivity contribution in [3.05, 3.63) is 41.9 Å². The fourth-order valence-corrected chi connectivity index (χ4v) is 2.11. The molecular weight excluding hydrogens is 248 g/mol. The predicted molar refractivity (Wildman–Crippen MR) is 82.7 cm³/mol. The first kappa shape index (κ1) is 14.8. The number of aryl methyl sites for hydroxylation is 2. The molecule has 0 atom stereocenters. The molecule has 20 heavy (non-hydrogen) atoms. The summed E-state index contributed by atoms with van der Waals surface area (Å²) in [7, 11) is 0. The summed E-state index contributed by atoms with van der Waals surface area (Å²) in [5.74, 6) is 2.39. The lowest BCUT2D eigenvalue weighted by molar-refractivity contribution is 0.483. The summed E-state index contributed by atoms with van der Waals surface area (Å²) >= 11 is 0. The Morgan fingerprint density at radius 2 is 2.15 bits per heavy atom. The average molecular weight is 272 g/mol. The molecule has 0 fully saturated rings. The van der Waals surface area contributed by atoms with Gasteiger partial charge in [0, 0.05) is 12.0 Å². The summed E-state index contributed by atoms with van der Waals surface area (Å²) in [5.41, 5.74) is 2.33. The van der Waals surface area contributed by atoms with Crippen molar-refractivity contribution in [1.82, 2.24) is 10.3 Å². The van der Waals surface area contributed by atoms with Crippen molar-refractivity contribution in [2.45, 2.75) is 33.6 Å². The topological polar surface area (TPSA) is 38.1 Å². The smallest absolute Gasteiger partial charge is 0.194 e. The first-order valence-corrected chi connectivity index (χ1v) is 7.37. The van der Waals surface area contributed by atoms with E-state index in [9.17, 15) is 0 Å². The van der Waals surface area contributed by atoms with Gasteiger partial charge in [0.1, 0.15) is 0 Å². The minimum absolute atomic E-state index is 0.699. The molecule has 0 spiro atoms. The minimum Gasteiger partial charge on any atom is -0.441 e. The van der Waals surface area contributed by atoms with Crippen LogP contribution in [0.1, 0.15) is 31.7 Å². The van der Waals surface area contributed by atoms with Gasteiger partial charge in [0.05, 0.1) is 6.20 Å². The third kappa shape index (κ3) is 4.49. The second-order valence-electron chi connectivity index (χ2n) is 5.69. The summed E-state index contributed by atoms with van der Waals surface area (Å²) in [6.45, 7) is 8.60. The number of hydrogen-bond donors (Lipinski definition) is 1. The number of benzene rings is 1. The molecule has 0 saturated heterocycles. The van der Waals surface area contributed by atoms with E-state index < -0.39 is 0 Å². The van der Waals surface area contributed by atoms with Crippen molar-refractivity contribution < 1.29 is 4.42 Å². The number of rotatable bonds is 7. The average Bonchev–Trinajstić information content (AvgIpc) is 2.87. The molecule has 1 N–H and O–H groups in total. The molecule has 0 aliphatic rings. The zero-order chi connectivity index (χ0) is 14.4. The van der Waals surface area contributed by atoms with Crippen LogP contribution in [0.25, 0.3) is 11.3 Å². The Morgan fingerprint density at radius 3 is 2.90 bits per heavy atom. The van der Waals surface area contributed by atoms with Gasteiger partial charge in [0.15, 0.2) is 11.7 Å². The monoisotopic (exact) mass is 272 g/mol. The third-order valence-corrected chi connectivity index (χ3v) is 3.15. The Balaban J connectivity index is 1.83. The second kappa shape index (κ2) is 7.25. The van der Waals surface area contributed by atoms with E-state index >= 15 is 0 Å². The summed E-state index contributed by atoms with van der Waals surface area (Å²) < 4.78 is 5.81. The highest BCUT2D eigenvalue weighted by Gasteiger charge is 2.06. The van der Waals surface area contributed by atoms with Crippen molar-refractivity contribution in [2.75, 3.05) is 13.1 Å². The van der Waals surface area contributed by atoms with Crippen LogP contribution < -0.4 is 5.32 Å². The van der Waals surface area contributed by atoms with Crippen molar-refractivity contribution in [3.8, 4) is 11.3 Å². The molecule has 0 amide bonds. The highest BCUT2D eigenvalue weighted by atomic mass is 16.4. The van der Waals surface area contributed by atoms with Crippen molar-refractivity contribution in [1.29, 1.82) is 0 Å². The maximum absolute atomic E-state index is 5.81. The molecule has 0 unspecified atom stereocenters.